The normalized spacial score (nSPS) is 12.7. The standard InChI is InChI=1S/C15H17F2NOS/c1-10-3-8-14(20-10)11(2)18-9-12-4-6-13(7-5-12)19-15(16)17/h3-8,11,15,18H,9H2,1-2H3. The number of alkyl halides is 2. The van der Waals surface area contributed by atoms with E-state index in [9.17, 15) is 8.78 Å². The van der Waals surface area contributed by atoms with Gasteiger partial charge in [-0.25, -0.2) is 0 Å². The molecule has 1 heterocycles. The number of halogens is 2. The third kappa shape index (κ3) is 4.28. The van der Waals surface area contributed by atoms with Gasteiger partial charge in [0, 0.05) is 22.3 Å². The maximum absolute atomic E-state index is 12.0. The van der Waals surface area contributed by atoms with Crippen LogP contribution in [0.2, 0.25) is 0 Å². The van der Waals surface area contributed by atoms with E-state index in [0.717, 1.165) is 5.56 Å². The van der Waals surface area contributed by atoms with Crippen LogP contribution >= 0.6 is 11.3 Å². The van der Waals surface area contributed by atoms with Crippen LogP contribution in [0.3, 0.4) is 0 Å². The van der Waals surface area contributed by atoms with Gasteiger partial charge >= 0.3 is 6.61 Å². The van der Waals surface area contributed by atoms with E-state index in [2.05, 4.69) is 36.0 Å². The fraction of sp³-hybridized carbons (Fsp3) is 0.333. The molecule has 1 N–H and O–H groups in total. The summed E-state index contributed by atoms with van der Waals surface area (Å²) in [6.45, 7) is 2.11. The van der Waals surface area contributed by atoms with E-state index in [0.29, 0.717) is 6.54 Å². The molecule has 2 nitrogen and oxygen atoms in total. The van der Waals surface area contributed by atoms with Crippen LogP contribution in [0.5, 0.6) is 5.75 Å². The van der Waals surface area contributed by atoms with Crippen molar-refractivity contribution in [3.63, 3.8) is 0 Å². The van der Waals surface area contributed by atoms with Crippen LogP contribution in [0.15, 0.2) is 36.4 Å². The quantitative estimate of drug-likeness (QED) is 0.847. The van der Waals surface area contributed by atoms with E-state index in [1.54, 1.807) is 35.6 Å². The van der Waals surface area contributed by atoms with Crippen LogP contribution < -0.4 is 10.1 Å². The number of hydrogen-bond donors (Lipinski definition) is 1. The first-order valence-corrected chi connectivity index (χ1v) is 7.19. The molecule has 0 bridgehead atoms. The second-order valence-electron chi connectivity index (χ2n) is 4.57. The van der Waals surface area contributed by atoms with Crippen molar-refractivity contribution in [2.45, 2.75) is 33.0 Å². The average Bonchev–Trinajstić information content (AvgIpc) is 2.84. The predicted octanol–water partition coefficient (Wildman–Crippen LogP) is 4.51. The van der Waals surface area contributed by atoms with E-state index in [1.807, 2.05) is 0 Å². The summed E-state index contributed by atoms with van der Waals surface area (Å²) in [7, 11) is 0. The van der Waals surface area contributed by atoms with Crippen molar-refractivity contribution in [3.8, 4) is 5.75 Å². The van der Waals surface area contributed by atoms with Crippen LogP contribution in [0, 0.1) is 6.92 Å². The maximum Gasteiger partial charge on any atom is 0.387 e. The van der Waals surface area contributed by atoms with Gasteiger partial charge in [-0.1, -0.05) is 12.1 Å². The highest BCUT2D eigenvalue weighted by Crippen LogP contribution is 2.23. The van der Waals surface area contributed by atoms with Crippen LogP contribution in [0.25, 0.3) is 0 Å². The minimum absolute atomic E-state index is 0.186. The summed E-state index contributed by atoms with van der Waals surface area (Å²) in [5.74, 6) is 0.186. The van der Waals surface area contributed by atoms with Gasteiger partial charge in [-0.2, -0.15) is 8.78 Å². The van der Waals surface area contributed by atoms with Crippen molar-refractivity contribution in [1.29, 1.82) is 0 Å². The molecular weight excluding hydrogens is 280 g/mol. The Kier molecular flexibility index (Phi) is 5.09. The smallest absolute Gasteiger partial charge is 0.387 e. The third-order valence-corrected chi connectivity index (χ3v) is 4.13. The molecule has 1 aromatic carbocycles. The van der Waals surface area contributed by atoms with Crippen molar-refractivity contribution < 1.29 is 13.5 Å². The number of nitrogens with one attached hydrogen (secondary N) is 1. The van der Waals surface area contributed by atoms with Gasteiger partial charge in [0.2, 0.25) is 0 Å². The highest BCUT2D eigenvalue weighted by molar-refractivity contribution is 7.12. The summed E-state index contributed by atoms with van der Waals surface area (Å²) in [6, 6.07) is 11.2. The van der Waals surface area contributed by atoms with Gasteiger partial charge in [-0.3, -0.25) is 0 Å². The maximum atomic E-state index is 12.0. The molecule has 5 heteroatoms. The minimum atomic E-state index is -2.78. The monoisotopic (exact) mass is 297 g/mol. The van der Waals surface area contributed by atoms with Crippen LogP contribution in [-0.2, 0) is 6.54 Å². The molecule has 0 saturated heterocycles. The van der Waals surface area contributed by atoms with E-state index in [1.165, 1.54) is 9.75 Å². The highest BCUT2D eigenvalue weighted by atomic mass is 32.1. The van der Waals surface area contributed by atoms with Gasteiger partial charge in [0.05, 0.1) is 0 Å². The van der Waals surface area contributed by atoms with Crippen LogP contribution in [-0.4, -0.2) is 6.61 Å². The van der Waals surface area contributed by atoms with E-state index in [-0.39, 0.29) is 11.8 Å². The Morgan fingerprint density at radius 3 is 2.40 bits per heavy atom. The molecule has 20 heavy (non-hydrogen) atoms. The SMILES string of the molecule is Cc1ccc(C(C)NCc2ccc(OC(F)F)cc2)s1. The largest absolute Gasteiger partial charge is 0.435 e. The lowest BCUT2D eigenvalue weighted by atomic mass is 10.2. The second kappa shape index (κ2) is 6.81. The van der Waals surface area contributed by atoms with Crippen molar-refractivity contribution in [2.24, 2.45) is 0 Å². The first-order chi connectivity index (χ1) is 9.54. The molecule has 1 atom stereocenters. The number of benzene rings is 1. The molecule has 1 aromatic heterocycles. The van der Waals surface area contributed by atoms with Crippen LogP contribution in [0.1, 0.15) is 28.3 Å². The van der Waals surface area contributed by atoms with Gasteiger partial charge in [0.15, 0.2) is 0 Å². The molecule has 0 saturated carbocycles. The Morgan fingerprint density at radius 1 is 1.15 bits per heavy atom. The third-order valence-electron chi connectivity index (χ3n) is 2.95. The van der Waals surface area contributed by atoms with Crippen LogP contribution in [0.4, 0.5) is 8.78 Å². The van der Waals surface area contributed by atoms with Gasteiger partial charge in [-0.05, 0) is 43.7 Å². The zero-order valence-corrected chi connectivity index (χ0v) is 12.2. The molecule has 0 fully saturated rings. The van der Waals surface area contributed by atoms with Crippen molar-refractivity contribution in [3.05, 3.63) is 51.7 Å². The number of ether oxygens (including phenoxy) is 1. The molecule has 0 aliphatic heterocycles. The molecular formula is C15H17F2NOS. The molecule has 0 aliphatic carbocycles. The summed E-state index contributed by atoms with van der Waals surface area (Å²) in [6.07, 6.45) is 0. The Morgan fingerprint density at radius 2 is 1.85 bits per heavy atom. The van der Waals surface area contributed by atoms with E-state index >= 15 is 0 Å². The molecule has 0 radical (unpaired) electrons. The summed E-state index contributed by atoms with van der Waals surface area (Å²) in [5.41, 5.74) is 1.03. The van der Waals surface area contributed by atoms with E-state index < -0.39 is 6.61 Å². The van der Waals surface area contributed by atoms with E-state index in [4.69, 9.17) is 0 Å². The molecule has 2 rings (SSSR count). The molecule has 2 aromatic rings. The molecule has 0 spiro atoms. The zero-order valence-electron chi connectivity index (χ0n) is 11.4. The lowest BCUT2D eigenvalue weighted by molar-refractivity contribution is -0.0498. The van der Waals surface area contributed by atoms with Gasteiger partial charge in [0.1, 0.15) is 5.75 Å². The summed E-state index contributed by atoms with van der Waals surface area (Å²) in [4.78, 5) is 2.59. The number of aryl methyl sites for hydroxylation is 1. The number of rotatable bonds is 6. The van der Waals surface area contributed by atoms with Crippen molar-refractivity contribution in [1.82, 2.24) is 5.32 Å². The lowest BCUT2D eigenvalue weighted by Crippen LogP contribution is -2.17. The summed E-state index contributed by atoms with van der Waals surface area (Å²) >= 11 is 1.77. The molecule has 0 aliphatic rings. The molecule has 108 valence electrons. The fourth-order valence-corrected chi connectivity index (χ4v) is 2.75. The number of thiophene rings is 1. The first-order valence-electron chi connectivity index (χ1n) is 6.38. The molecule has 1 unspecified atom stereocenters. The fourth-order valence-electron chi connectivity index (χ4n) is 1.85. The summed E-state index contributed by atoms with van der Waals surface area (Å²) in [5, 5.41) is 3.41. The van der Waals surface area contributed by atoms with Gasteiger partial charge < -0.3 is 10.1 Å². The second-order valence-corrected chi connectivity index (χ2v) is 5.89. The molecule has 0 amide bonds. The Bertz CT molecular complexity index is 539. The first kappa shape index (κ1) is 14.9. The summed E-state index contributed by atoms with van der Waals surface area (Å²) < 4.78 is 28.4. The Labute approximate surface area is 121 Å². The topological polar surface area (TPSA) is 21.3 Å². The Balaban J connectivity index is 1.87. The zero-order chi connectivity index (χ0) is 14.5. The lowest BCUT2D eigenvalue weighted by Gasteiger charge is -2.12. The van der Waals surface area contributed by atoms with Crippen molar-refractivity contribution in [2.75, 3.05) is 0 Å². The average molecular weight is 297 g/mol. The number of hydrogen-bond acceptors (Lipinski definition) is 3. The van der Waals surface area contributed by atoms with Gasteiger partial charge in [-0.15, -0.1) is 11.3 Å². The highest BCUT2D eigenvalue weighted by Gasteiger charge is 2.07. The van der Waals surface area contributed by atoms with Crippen molar-refractivity contribution >= 4 is 11.3 Å². The Hall–Kier alpha value is -1.46. The van der Waals surface area contributed by atoms with Gasteiger partial charge in [0.25, 0.3) is 0 Å². The minimum Gasteiger partial charge on any atom is -0.435 e. The predicted molar refractivity (Wildman–Crippen MR) is 77.4 cm³/mol.